The molecule has 1 nitrogen and oxygen atoms in total. The molecule has 0 unspecified atom stereocenters. The van der Waals surface area contributed by atoms with E-state index in [0.717, 1.165) is 22.8 Å². The van der Waals surface area contributed by atoms with Crippen LogP contribution in [0.5, 0.6) is 0 Å². The Labute approximate surface area is 142 Å². The molecule has 0 heterocycles. The van der Waals surface area contributed by atoms with Crippen LogP contribution in [0.4, 0.5) is 5.69 Å². The van der Waals surface area contributed by atoms with Gasteiger partial charge in [-0.3, -0.25) is 0 Å². The van der Waals surface area contributed by atoms with E-state index in [2.05, 4.69) is 47.8 Å². The Morgan fingerprint density at radius 3 is 2.04 bits per heavy atom. The quantitative estimate of drug-likeness (QED) is 0.569. The summed E-state index contributed by atoms with van der Waals surface area (Å²) in [5.74, 6) is 0. The Bertz CT molecular complexity index is 762. The smallest absolute Gasteiger partial charge is 0.0406 e. The van der Waals surface area contributed by atoms with Gasteiger partial charge in [0.1, 0.15) is 0 Å². The van der Waals surface area contributed by atoms with Gasteiger partial charge >= 0.3 is 0 Å². The Morgan fingerprint density at radius 1 is 0.783 bits per heavy atom. The molecule has 0 radical (unpaired) electrons. The van der Waals surface area contributed by atoms with Crippen LogP contribution in [0.1, 0.15) is 11.1 Å². The van der Waals surface area contributed by atoms with Crippen molar-refractivity contribution >= 4 is 28.9 Å². The maximum Gasteiger partial charge on any atom is 0.0406 e. The lowest BCUT2D eigenvalue weighted by atomic mass is 10.0. The Balaban J connectivity index is 1.86. The Kier molecular flexibility index (Phi) is 5.13. The van der Waals surface area contributed by atoms with Crippen molar-refractivity contribution in [2.24, 2.45) is 0 Å². The van der Waals surface area contributed by atoms with Gasteiger partial charge in [-0.15, -0.1) is 0 Å². The molecule has 0 saturated heterocycles. The molecule has 0 aliphatic carbocycles. The Morgan fingerprint density at radius 2 is 1.39 bits per heavy atom. The van der Waals surface area contributed by atoms with Crippen LogP contribution < -0.4 is 5.32 Å². The number of nitrogens with one attached hydrogen (secondary N) is 1. The lowest BCUT2D eigenvalue weighted by molar-refractivity contribution is 1.34. The third-order valence-corrected chi connectivity index (χ3v) is 3.86. The summed E-state index contributed by atoms with van der Waals surface area (Å²) in [5.41, 5.74) is 4.70. The van der Waals surface area contributed by atoms with E-state index in [0.29, 0.717) is 0 Å². The topological polar surface area (TPSA) is 12.0 Å². The van der Waals surface area contributed by atoms with Crippen LogP contribution in [0, 0.1) is 0 Å². The lowest BCUT2D eigenvalue weighted by Crippen LogP contribution is -2.04. The predicted octanol–water partition coefficient (Wildman–Crippen LogP) is 5.99. The van der Waals surface area contributed by atoms with E-state index in [1.54, 1.807) is 0 Å². The highest BCUT2D eigenvalue weighted by atomic mass is 35.5. The molecule has 0 aliphatic rings. The minimum Gasteiger partial charge on any atom is -0.381 e. The monoisotopic (exact) mass is 319 g/mol. The fourth-order valence-electron chi connectivity index (χ4n) is 2.40. The highest BCUT2D eigenvalue weighted by molar-refractivity contribution is 6.30. The number of halogens is 1. The molecule has 114 valence electrons. The van der Waals surface area contributed by atoms with Crippen LogP contribution in [-0.2, 0) is 0 Å². The minimum atomic E-state index is 0.755. The average Bonchev–Trinajstić information content (AvgIpc) is 2.62. The number of benzene rings is 3. The summed E-state index contributed by atoms with van der Waals surface area (Å²) in [6.07, 6.45) is 2.20. The summed E-state index contributed by atoms with van der Waals surface area (Å²) >= 11 is 5.97. The van der Waals surface area contributed by atoms with E-state index in [1.807, 2.05) is 48.5 Å². The van der Waals surface area contributed by atoms with Crippen molar-refractivity contribution in [1.82, 2.24) is 0 Å². The first-order valence-corrected chi connectivity index (χ1v) is 7.99. The van der Waals surface area contributed by atoms with E-state index < -0.39 is 0 Å². The molecule has 0 fully saturated rings. The maximum atomic E-state index is 5.97. The maximum absolute atomic E-state index is 5.97. The fraction of sp³-hybridized carbons (Fsp3) is 0.0476. The van der Waals surface area contributed by atoms with Crippen molar-refractivity contribution in [2.45, 2.75) is 0 Å². The van der Waals surface area contributed by atoms with Gasteiger partial charge in [-0.1, -0.05) is 72.3 Å². The second kappa shape index (κ2) is 7.66. The molecule has 0 spiro atoms. The molecule has 0 atom stereocenters. The molecule has 3 aromatic rings. The van der Waals surface area contributed by atoms with Crippen LogP contribution in [0.15, 0.2) is 84.9 Å². The van der Waals surface area contributed by atoms with Gasteiger partial charge in [0, 0.05) is 17.3 Å². The second-order valence-corrected chi connectivity index (χ2v) is 5.74. The van der Waals surface area contributed by atoms with Crippen molar-refractivity contribution < 1.29 is 0 Å². The van der Waals surface area contributed by atoms with Crippen molar-refractivity contribution in [3.8, 4) is 0 Å². The minimum absolute atomic E-state index is 0.755. The molecule has 2 heteroatoms. The van der Waals surface area contributed by atoms with Crippen molar-refractivity contribution in [2.75, 3.05) is 11.9 Å². The summed E-state index contributed by atoms with van der Waals surface area (Å²) in [4.78, 5) is 0. The van der Waals surface area contributed by atoms with Crippen LogP contribution in [0.2, 0.25) is 5.02 Å². The largest absolute Gasteiger partial charge is 0.381 e. The van der Waals surface area contributed by atoms with Crippen molar-refractivity contribution in [1.29, 1.82) is 0 Å². The summed E-state index contributed by atoms with van der Waals surface area (Å²) in [7, 11) is 0. The van der Waals surface area contributed by atoms with Crippen molar-refractivity contribution in [3.05, 3.63) is 101 Å². The second-order valence-electron chi connectivity index (χ2n) is 5.31. The van der Waals surface area contributed by atoms with Crippen LogP contribution in [0.3, 0.4) is 0 Å². The first-order valence-electron chi connectivity index (χ1n) is 7.62. The molecule has 0 amide bonds. The van der Waals surface area contributed by atoms with E-state index in [1.165, 1.54) is 11.1 Å². The fourth-order valence-corrected chi connectivity index (χ4v) is 2.53. The molecule has 0 saturated carbocycles. The molecule has 1 N–H and O–H groups in total. The predicted molar refractivity (Wildman–Crippen MR) is 101 cm³/mol. The van der Waals surface area contributed by atoms with Crippen molar-refractivity contribution in [3.63, 3.8) is 0 Å². The number of hydrogen-bond donors (Lipinski definition) is 1. The van der Waals surface area contributed by atoms with E-state index in [9.17, 15) is 0 Å². The third kappa shape index (κ3) is 4.48. The number of hydrogen-bond acceptors (Lipinski definition) is 1. The van der Waals surface area contributed by atoms with Gasteiger partial charge in [-0.05, 0) is 47.0 Å². The average molecular weight is 320 g/mol. The molecule has 0 aliphatic heterocycles. The zero-order chi connectivity index (χ0) is 15.9. The number of rotatable bonds is 5. The molecular weight excluding hydrogens is 302 g/mol. The van der Waals surface area contributed by atoms with Gasteiger partial charge in [0.2, 0.25) is 0 Å². The van der Waals surface area contributed by atoms with Gasteiger partial charge in [0.15, 0.2) is 0 Å². The van der Waals surface area contributed by atoms with Gasteiger partial charge in [0.05, 0.1) is 0 Å². The van der Waals surface area contributed by atoms with Gasteiger partial charge in [-0.25, -0.2) is 0 Å². The van der Waals surface area contributed by atoms with E-state index >= 15 is 0 Å². The summed E-state index contributed by atoms with van der Waals surface area (Å²) < 4.78 is 0. The highest BCUT2D eigenvalue weighted by Gasteiger charge is 2.02. The third-order valence-electron chi connectivity index (χ3n) is 3.61. The first kappa shape index (κ1) is 15.4. The lowest BCUT2D eigenvalue weighted by Gasteiger charge is -2.11. The molecular formula is C21H18ClN. The van der Waals surface area contributed by atoms with Crippen LogP contribution in [0.25, 0.3) is 11.6 Å². The Hall–Kier alpha value is -2.51. The van der Waals surface area contributed by atoms with E-state index in [-0.39, 0.29) is 0 Å². The zero-order valence-electron chi connectivity index (χ0n) is 12.7. The highest BCUT2D eigenvalue weighted by Crippen LogP contribution is 2.20. The molecule has 3 rings (SSSR count). The van der Waals surface area contributed by atoms with Gasteiger partial charge in [0.25, 0.3) is 0 Å². The molecule has 0 aromatic heterocycles. The first-order chi connectivity index (χ1) is 11.3. The standard InChI is InChI=1S/C21H18ClN/c22-20-13-11-17(12-14-20)15-19(18-7-3-1-4-8-18)16-23-21-9-5-2-6-10-21/h1-15,23H,16H2/b19-15-. The normalized spacial score (nSPS) is 11.3. The summed E-state index contributed by atoms with van der Waals surface area (Å²) in [5, 5.41) is 4.24. The molecule has 3 aromatic carbocycles. The summed E-state index contributed by atoms with van der Waals surface area (Å²) in [6, 6.07) is 28.6. The summed E-state index contributed by atoms with van der Waals surface area (Å²) in [6.45, 7) is 0.761. The zero-order valence-corrected chi connectivity index (χ0v) is 13.5. The molecule has 23 heavy (non-hydrogen) atoms. The van der Waals surface area contributed by atoms with Crippen LogP contribution in [-0.4, -0.2) is 6.54 Å². The van der Waals surface area contributed by atoms with Crippen LogP contribution >= 0.6 is 11.6 Å². The number of anilines is 1. The number of para-hydroxylation sites is 1. The SMILES string of the molecule is Clc1ccc(/C=C(/CNc2ccccc2)c2ccccc2)cc1. The van der Waals surface area contributed by atoms with Gasteiger partial charge < -0.3 is 5.32 Å². The molecule has 0 bridgehead atoms. The van der Waals surface area contributed by atoms with E-state index in [4.69, 9.17) is 11.6 Å². The van der Waals surface area contributed by atoms with Gasteiger partial charge in [-0.2, -0.15) is 0 Å².